The third-order valence-corrected chi connectivity index (χ3v) is 3.90. The van der Waals surface area contributed by atoms with Gasteiger partial charge < -0.3 is 15.1 Å². The average molecular weight is 291 g/mol. The van der Waals surface area contributed by atoms with E-state index in [1.807, 2.05) is 0 Å². The number of anilines is 1. The van der Waals surface area contributed by atoms with Gasteiger partial charge in [-0.2, -0.15) is 0 Å². The van der Waals surface area contributed by atoms with Gasteiger partial charge in [0.05, 0.1) is 0 Å². The third-order valence-electron chi connectivity index (χ3n) is 3.90. The molecule has 1 aromatic rings. The van der Waals surface area contributed by atoms with Crippen LogP contribution in [0, 0.1) is 0 Å². The third kappa shape index (κ3) is 8.08. The molecule has 1 rings (SSSR count). The summed E-state index contributed by atoms with van der Waals surface area (Å²) in [6.07, 6.45) is 3.93. The number of benzene rings is 1. The first-order valence-electron chi connectivity index (χ1n) is 8.47. The maximum absolute atomic E-state index is 3.38. The summed E-state index contributed by atoms with van der Waals surface area (Å²) in [5.74, 6) is 0. The Balaban J connectivity index is 2.15. The molecule has 0 aliphatic carbocycles. The van der Waals surface area contributed by atoms with Crippen LogP contribution in [0.3, 0.4) is 0 Å². The van der Waals surface area contributed by atoms with E-state index in [2.05, 4.69) is 66.3 Å². The van der Waals surface area contributed by atoms with Crippen molar-refractivity contribution in [1.29, 1.82) is 0 Å². The summed E-state index contributed by atoms with van der Waals surface area (Å²) in [7, 11) is 2.24. The van der Waals surface area contributed by atoms with Crippen LogP contribution in [0.15, 0.2) is 30.3 Å². The predicted octanol–water partition coefficient (Wildman–Crippen LogP) is 3.22. The van der Waals surface area contributed by atoms with E-state index in [1.165, 1.54) is 31.5 Å². The topological polar surface area (TPSA) is 18.5 Å². The summed E-state index contributed by atoms with van der Waals surface area (Å²) >= 11 is 0. The van der Waals surface area contributed by atoms with E-state index in [9.17, 15) is 0 Å². The van der Waals surface area contributed by atoms with Gasteiger partial charge in [0.2, 0.25) is 0 Å². The summed E-state index contributed by atoms with van der Waals surface area (Å²) in [4.78, 5) is 4.90. The monoisotopic (exact) mass is 291 g/mol. The van der Waals surface area contributed by atoms with Crippen molar-refractivity contribution in [3.8, 4) is 0 Å². The molecule has 0 saturated carbocycles. The SMILES string of the molecule is CCNCCCCCN(C)CCN(CC)c1ccccc1. The van der Waals surface area contributed by atoms with E-state index < -0.39 is 0 Å². The Morgan fingerprint density at radius 2 is 1.67 bits per heavy atom. The van der Waals surface area contributed by atoms with Crippen molar-refractivity contribution < 1.29 is 0 Å². The molecule has 1 N–H and O–H groups in total. The predicted molar refractivity (Wildman–Crippen MR) is 94.2 cm³/mol. The van der Waals surface area contributed by atoms with E-state index in [-0.39, 0.29) is 0 Å². The molecule has 21 heavy (non-hydrogen) atoms. The van der Waals surface area contributed by atoms with Crippen LogP contribution >= 0.6 is 0 Å². The average Bonchev–Trinajstić information content (AvgIpc) is 2.52. The van der Waals surface area contributed by atoms with Gasteiger partial charge in [-0.1, -0.05) is 31.5 Å². The Labute approximate surface area is 131 Å². The molecule has 0 heterocycles. The fourth-order valence-electron chi connectivity index (χ4n) is 2.50. The summed E-state index contributed by atoms with van der Waals surface area (Å²) in [5.41, 5.74) is 1.33. The molecule has 0 aromatic heterocycles. The summed E-state index contributed by atoms with van der Waals surface area (Å²) in [5, 5.41) is 3.38. The second kappa shape index (κ2) is 11.6. The summed E-state index contributed by atoms with van der Waals surface area (Å²) in [6, 6.07) is 10.7. The van der Waals surface area contributed by atoms with Crippen molar-refractivity contribution in [3.05, 3.63) is 30.3 Å². The van der Waals surface area contributed by atoms with Crippen LogP contribution in [0.2, 0.25) is 0 Å². The second-order valence-electron chi connectivity index (χ2n) is 5.63. The fourth-order valence-corrected chi connectivity index (χ4v) is 2.50. The fraction of sp³-hybridized carbons (Fsp3) is 0.667. The highest BCUT2D eigenvalue weighted by Gasteiger charge is 2.05. The van der Waals surface area contributed by atoms with Crippen molar-refractivity contribution in [2.75, 3.05) is 51.2 Å². The van der Waals surface area contributed by atoms with E-state index >= 15 is 0 Å². The van der Waals surface area contributed by atoms with Crippen molar-refractivity contribution >= 4 is 5.69 Å². The Morgan fingerprint density at radius 3 is 2.33 bits per heavy atom. The first kappa shape index (κ1) is 18.0. The molecule has 0 atom stereocenters. The lowest BCUT2D eigenvalue weighted by Crippen LogP contribution is -2.33. The van der Waals surface area contributed by atoms with E-state index in [4.69, 9.17) is 0 Å². The minimum atomic E-state index is 1.07. The van der Waals surface area contributed by atoms with Crippen molar-refractivity contribution in [3.63, 3.8) is 0 Å². The van der Waals surface area contributed by atoms with Crippen molar-refractivity contribution in [2.45, 2.75) is 33.1 Å². The maximum atomic E-state index is 3.38. The van der Waals surface area contributed by atoms with E-state index in [1.54, 1.807) is 0 Å². The van der Waals surface area contributed by atoms with Gasteiger partial charge in [-0.05, 0) is 58.6 Å². The molecule has 0 bridgehead atoms. The second-order valence-corrected chi connectivity index (χ2v) is 5.63. The molecule has 3 nitrogen and oxygen atoms in total. The molecule has 0 unspecified atom stereocenters. The minimum Gasteiger partial charge on any atom is -0.371 e. The lowest BCUT2D eigenvalue weighted by Gasteiger charge is -2.26. The van der Waals surface area contributed by atoms with Crippen LogP contribution in [0.25, 0.3) is 0 Å². The number of nitrogens with zero attached hydrogens (tertiary/aromatic N) is 2. The summed E-state index contributed by atoms with van der Waals surface area (Å²) in [6.45, 7) is 11.2. The molecule has 0 amide bonds. The highest BCUT2D eigenvalue weighted by molar-refractivity contribution is 5.45. The van der Waals surface area contributed by atoms with Crippen LogP contribution in [0.4, 0.5) is 5.69 Å². The quantitative estimate of drug-likeness (QED) is 0.597. The Hall–Kier alpha value is -1.06. The van der Waals surface area contributed by atoms with Gasteiger partial charge in [-0.25, -0.2) is 0 Å². The summed E-state index contributed by atoms with van der Waals surface area (Å²) < 4.78 is 0. The molecule has 0 radical (unpaired) electrons. The van der Waals surface area contributed by atoms with Crippen LogP contribution in [-0.2, 0) is 0 Å². The number of hydrogen-bond donors (Lipinski definition) is 1. The number of unbranched alkanes of at least 4 members (excludes halogenated alkanes) is 2. The largest absolute Gasteiger partial charge is 0.371 e. The molecule has 1 aromatic carbocycles. The number of para-hydroxylation sites is 1. The first-order valence-corrected chi connectivity index (χ1v) is 8.47. The van der Waals surface area contributed by atoms with Gasteiger partial charge >= 0.3 is 0 Å². The van der Waals surface area contributed by atoms with Crippen molar-refractivity contribution in [1.82, 2.24) is 10.2 Å². The van der Waals surface area contributed by atoms with Gasteiger partial charge in [0.1, 0.15) is 0 Å². The molecule has 0 aliphatic heterocycles. The molecule has 3 heteroatoms. The van der Waals surface area contributed by atoms with Gasteiger partial charge in [0, 0.05) is 25.3 Å². The lowest BCUT2D eigenvalue weighted by molar-refractivity contribution is 0.329. The van der Waals surface area contributed by atoms with Gasteiger partial charge in [0.25, 0.3) is 0 Å². The van der Waals surface area contributed by atoms with Crippen LogP contribution in [-0.4, -0.2) is 51.2 Å². The zero-order valence-corrected chi connectivity index (χ0v) is 14.1. The maximum Gasteiger partial charge on any atom is 0.0366 e. The van der Waals surface area contributed by atoms with Gasteiger partial charge in [0.15, 0.2) is 0 Å². The van der Waals surface area contributed by atoms with Crippen LogP contribution in [0.1, 0.15) is 33.1 Å². The molecule has 120 valence electrons. The standard InChI is InChI=1S/C18H33N3/c1-4-19-14-10-7-11-15-20(3)16-17-21(5-2)18-12-8-6-9-13-18/h6,8-9,12-13,19H,4-5,7,10-11,14-17H2,1-3H3. The molecular weight excluding hydrogens is 258 g/mol. The number of nitrogens with one attached hydrogen (secondary N) is 1. The minimum absolute atomic E-state index is 1.07. The number of hydrogen-bond acceptors (Lipinski definition) is 3. The van der Waals surface area contributed by atoms with Crippen molar-refractivity contribution in [2.24, 2.45) is 0 Å². The van der Waals surface area contributed by atoms with E-state index in [0.717, 1.165) is 32.7 Å². The zero-order chi connectivity index (χ0) is 15.3. The van der Waals surface area contributed by atoms with Crippen LogP contribution in [0.5, 0.6) is 0 Å². The Kier molecular flexibility index (Phi) is 9.92. The van der Waals surface area contributed by atoms with Gasteiger partial charge in [-0.15, -0.1) is 0 Å². The molecular formula is C18H33N3. The number of likely N-dealkylation sites (N-methyl/N-ethyl adjacent to an activating group) is 2. The molecule has 0 spiro atoms. The molecule has 0 saturated heterocycles. The Bertz CT molecular complexity index is 340. The number of rotatable bonds is 12. The molecule has 0 fully saturated rings. The highest BCUT2D eigenvalue weighted by atomic mass is 15.2. The molecule has 0 aliphatic rings. The Morgan fingerprint density at radius 1 is 0.905 bits per heavy atom. The van der Waals surface area contributed by atoms with Gasteiger partial charge in [-0.3, -0.25) is 0 Å². The highest BCUT2D eigenvalue weighted by Crippen LogP contribution is 2.12. The lowest BCUT2D eigenvalue weighted by atomic mass is 10.2. The van der Waals surface area contributed by atoms with E-state index in [0.29, 0.717) is 0 Å². The smallest absolute Gasteiger partial charge is 0.0366 e. The first-order chi connectivity index (χ1) is 10.3. The normalized spacial score (nSPS) is 11.0. The zero-order valence-electron chi connectivity index (χ0n) is 14.1. The van der Waals surface area contributed by atoms with Crippen LogP contribution < -0.4 is 10.2 Å².